The second-order valence-electron chi connectivity index (χ2n) is 5.57. The molecule has 24 heavy (non-hydrogen) atoms. The largest absolute Gasteiger partial charge is 0.351 e. The Morgan fingerprint density at radius 1 is 1.42 bits per heavy atom. The topological polar surface area (TPSA) is 107 Å². The van der Waals surface area contributed by atoms with Crippen LogP contribution in [0.2, 0.25) is 5.02 Å². The van der Waals surface area contributed by atoms with E-state index in [-0.39, 0.29) is 17.2 Å². The highest BCUT2D eigenvalue weighted by Crippen LogP contribution is 2.21. The Hall–Kier alpha value is -2.06. The van der Waals surface area contributed by atoms with Crippen LogP contribution in [0.5, 0.6) is 0 Å². The van der Waals surface area contributed by atoms with Gasteiger partial charge in [-0.3, -0.25) is 19.5 Å². The van der Waals surface area contributed by atoms with E-state index in [1.165, 1.54) is 4.57 Å². The van der Waals surface area contributed by atoms with E-state index < -0.39 is 11.9 Å². The fraction of sp³-hybridized carbons (Fsp3) is 0.333. The lowest BCUT2D eigenvalue weighted by Crippen LogP contribution is -2.36. The number of nitrogens with two attached hydrogens (primary N) is 1. The molecular formula is C15H17ClN4O3S. The van der Waals surface area contributed by atoms with Crippen molar-refractivity contribution in [1.82, 2.24) is 14.9 Å². The van der Waals surface area contributed by atoms with Gasteiger partial charge in [0.1, 0.15) is 0 Å². The quantitative estimate of drug-likeness (QED) is 0.620. The Kier molecular flexibility index (Phi) is 5.84. The Bertz CT molecular complexity index is 850. The lowest BCUT2D eigenvalue weighted by atomic mass is 10.2. The van der Waals surface area contributed by atoms with E-state index in [0.29, 0.717) is 27.6 Å². The molecule has 0 spiro atoms. The summed E-state index contributed by atoms with van der Waals surface area (Å²) in [6.07, 6.45) is 0. The van der Waals surface area contributed by atoms with Crippen molar-refractivity contribution in [3.63, 3.8) is 0 Å². The van der Waals surface area contributed by atoms with Crippen LogP contribution in [-0.2, 0) is 11.3 Å². The van der Waals surface area contributed by atoms with Crippen LogP contribution in [0.25, 0.3) is 10.9 Å². The van der Waals surface area contributed by atoms with Gasteiger partial charge in [0.05, 0.1) is 16.7 Å². The maximum absolute atomic E-state index is 12.7. The molecular weight excluding hydrogens is 352 g/mol. The highest BCUT2D eigenvalue weighted by atomic mass is 35.5. The number of hydrogen-bond donors (Lipinski definition) is 2. The van der Waals surface area contributed by atoms with Gasteiger partial charge in [0.2, 0.25) is 5.91 Å². The van der Waals surface area contributed by atoms with Crippen LogP contribution in [0.4, 0.5) is 4.79 Å². The van der Waals surface area contributed by atoms with Crippen molar-refractivity contribution in [2.24, 2.45) is 11.7 Å². The third-order valence-corrected chi connectivity index (χ3v) is 4.24. The molecule has 1 aromatic carbocycles. The van der Waals surface area contributed by atoms with E-state index in [4.69, 9.17) is 17.3 Å². The van der Waals surface area contributed by atoms with Gasteiger partial charge in [-0.2, -0.15) is 0 Å². The number of halogens is 1. The first kappa shape index (κ1) is 18.3. The number of aromatic nitrogens is 2. The minimum absolute atomic E-state index is 0.0768. The van der Waals surface area contributed by atoms with E-state index in [9.17, 15) is 14.4 Å². The molecule has 0 radical (unpaired) electrons. The summed E-state index contributed by atoms with van der Waals surface area (Å²) in [5, 5.41) is 3.27. The maximum Gasteiger partial charge on any atom is 0.318 e. The second kappa shape index (κ2) is 7.67. The van der Waals surface area contributed by atoms with E-state index in [1.54, 1.807) is 18.2 Å². The zero-order chi connectivity index (χ0) is 17.9. The number of amides is 3. The van der Waals surface area contributed by atoms with Gasteiger partial charge in [-0.05, 0) is 24.1 Å². The zero-order valence-corrected chi connectivity index (χ0v) is 14.8. The normalized spacial score (nSPS) is 11.0. The van der Waals surface area contributed by atoms with Gasteiger partial charge in [-0.25, -0.2) is 9.78 Å². The number of fused-ring (bicyclic) bond motifs is 1. The number of urea groups is 1. The molecule has 0 unspecified atom stereocenters. The summed E-state index contributed by atoms with van der Waals surface area (Å²) >= 11 is 7.03. The summed E-state index contributed by atoms with van der Waals surface area (Å²) in [6, 6.07) is 3.97. The number of hydrogen-bond acceptors (Lipinski definition) is 5. The molecule has 9 heteroatoms. The van der Waals surface area contributed by atoms with Crippen LogP contribution in [0.15, 0.2) is 28.2 Å². The predicted octanol–water partition coefficient (Wildman–Crippen LogP) is 1.99. The summed E-state index contributed by atoms with van der Waals surface area (Å²) in [6.45, 7) is 4.40. The average molecular weight is 369 g/mol. The smallest absolute Gasteiger partial charge is 0.318 e. The lowest BCUT2D eigenvalue weighted by Gasteiger charge is -2.14. The van der Waals surface area contributed by atoms with Crippen LogP contribution >= 0.6 is 23.4 Å². The van der Waals surface area contributed by atoms with Crippen LogP contribution in [0.1, 0.15) is 13.8 Å². The number of carbonyl (C=O) groups excluding carboxylic acids is 2. The van der Waals surface area contributed by atoms with E-state index in [1.807, 2.05) is 19.2 Å². The first-order valence-electron chi connectivity index (χ1n) is 7.20. The highest BCUT2D eigenvalue weighted by Gasteiger charge is 2.15. The fourth-order valence-corrected chi connectivity index (χ4v) is 3.09. The van der Waals surface area contributed by atoms with Crippen LogP contribution in [0.3, 0.4) is 0 Å². The molecule has 0 aliphatic rings. The molecule has 2 aromatic rings. The second-order valence-corrected chi connectivity index (χ2v) is 6.95. The van der Waals surface area contributed by atoms with Crippen molar-refractivity contribution in [2.45, 2.75) is 25.5 Å². The number of rotatable bonds is 5. The monoisotopic (exact) mass is 368 g/mol. The van der Waals surface area contributed by atoms with Crippen LogP contribution < -0.4 is 16.6 Å². The van der Waals surface area contributed by atoms with E-state index >= 15 is 0 Å². The highest BCUT2D eigenvalue weighted by molar-refractivity contribution is 7.99. The summed E-state index contributed by atoms with van der Waals surface area (Å²) in [4.78, 5) is 39.5. The number of thioether (sulfide) groups is 1. The molecule has 128 valence electrons. The van der Waals surface area contributed by atoms with Gasteiger partial charge in [0, 0.05) is 11.6 Å². The van der Waals surface area contributed by atoms with Gasteiger partial charge in [-0.1, -0.05) is 37.2 Å². The molecule has 1 aromatic heterocycles. The molecule has 0 bridgehead atoms. The number of carbonyl (C=O) groups is 2. The molecule has 3 amide bonds. The molecule has 0 saturated heterocycles. The predicted molar refractivity (Wildman–Crippen MR) is 94.3 cm³/mol. The molecule has 1 heterocycles. The minimum Gasteiger partial charge on any atom is -0.351 e. The van der Waals surface area contributed by atoms with Gasteiger partial charge >= 0.3 is 6.03 Å². The van der Waals surface area contributed by atoms with Gasteiger partial charge in [-0.15, -0.1) is 0 Å². The number of imide groups is 1. The van der Waals surface area contributed by atoms with Gasteiger partial charge in [0.25, 0.3) is 5.56 Å². The molecule has 3 N–H and O–H groups in total. The third kappa shape index (κ3) is 4.48. The molecule has 2 rings (SSSR count). The van der Waals surface area contributed by atoms with E-state index in [2.05, 4.69) is 4.98 Å². The number of nitrogens with zero attached hydrogens (tertiary/aromatic N) is 2. The molecule has 0 aliphatic carbocycles. The van der Waals surface area contributed by atoms with Crippen molar-refractivity contribution < 1.29 is 9.59 Å². The van der Waals surface area contributed by atoms with Crippen molar-refractivity contribution in [1.29, 1.82) is 0 Å². The van der Waals surface area contributed by atoms with Crippen molar-refractivity contribution in [2.75, 3.05) is 5.75 Å². The SMILES string of the molecule is CC(C)Cn1c(SCC(=O)NC(N)=O)nc2ccc(Cl)cc2c1=O. The Balaban J connectivity index is 2.43. The standard InChI is InChI=1S/C15H17ClN4O3S/c1-8(2)6-20-13(22)10-5-9(16)3-4-11(10)18-15(20)24-7-12(21)19-14(17)23/h3-5,8H,6-7H2,1-2H3,(H3,17,19,21,23). The number of benzene rings is 1. The molecule has 0 atom stereocenters. The summed E-state index contributed by atoms with van der Waals surface area (Å²) < 4.78 is 1.52. The Labute approximate surface area is 147 Å². The molecule has 0 saturated carbocycles. The van der Waals surface area contributed by atoms with Gasteiger partial charge in [0.15, 0.2) is 5.16 Å². The van der Waals surface area contributed by atoms with Gasteiger partial charge < -0.3 is 5.73 Å². The van der Waals surface area contributed by atoms with Crippen molar-refractivity contribution in [3.05, 3.63) is 33.6 Å². The number of primary amides is 1. The lowest BCUT2D eigenvalue weighted by molar-refractivity contribution is -0.117. The minimum atomic E-state index is -0.915. The first-order chi connectivity index (χ1) is 11.3. The van der Waals surface area contributed by atoms with Crippen LogP contribution in [0, 0.1) is 5.92 Å². The fourth-order valence-electron chi connectivity index (χ4n) is 2.11. The van der Waals surface area contributed by atoms with Crippen molar-refractivity contribution >= 4 is 46.2 Å². The van der Waals surface area contributed by atoms with Crippen molar-refractivity contribution in [3.8, 4) is 0 Å². The Morgan fingerprint density at radius 2 is 2.12 bits per heavy atom. The maximum atomic E-state index is 12.7. The summed E-state index contributed by atoms with van der Waals surface area (Å²) in [5.74, 6) is -0.416. The molecule has 0 aliphatic heterocycles. The summed E-state index contributed by atoms with van der Waals surface area (Å²) in [7, 11) is 0. The first-order valence-corrected chi connectivity index (χ1v) is 8.56. The number of nitrogens with one attached hydrogen (secondary N) is 1. The Morgan fingerprint density at radius 3 is 2.75 bits per heavy atom. The van der Waals surface area contributed by atoms with Crippen LogP contribution in [-0.4, -0.2) is 27.2 Å². The van der Waals surface area contributed by atoms with E-state index in [0.717, 1.165) is 11.8 Å². The zero-order valence-electron chi connectivity index (χ0n) is 13.2. The third-order valence-electron chi connectivity index (χ3n) is 3.02. The molecule has 7 nitrogen and oxygen atoms in total. The summed E-state index contributed by atoms with van der Waals surface area (Å²) in [5.41, 5.74) is 5.20. The average Bonchev–Trinajstić information content (AvgIpc) is 2.48. The molecule has 0 fully saturated rings.